The molecular weight excluding hydrogens is 380 g/mol. The molecule has 4 aliphatic rings. The standard InChI is InChI=1S/C29H50O2/c1-7-20(18(2)3)9-8-19(4)24-12-13-25-23-11-10-21-16-22(30)14-15-28(21,5)26(23)17-27(31)29(24,25)6/h8-9,18-27,30-31H,7,10-17H2,1-6H3/b9-8+/t19-,20?,21+,22+,23+,24-,25+,26+,27+,28+,29-/m1/s1. The Balaban J connectivity index is 1.54. The summed E-state index contributed by atoms with van der Waals surface area (Å²) in [6.07, 6.45) is 15.3. The van der Waals surface area contributed by atoms with E-state index >= 15 is 0 Å². The van der Waals surface area contributed by atoms with Crippen molar-refractivity contribution in [3.63, 3.8) is 0 Å². The van der Waals surface area contributed by atoms with Crippen LogP contribution in [0.3, 0.4) is 0 Å². The summed E-state index contributed by atoms with van der Waals surface area (Å²) in [7, 11) is 0. The lowest BCUT2D eigenvalue weighted by atomic mass is 9.43. The Morgan fingerprint density at radius 3 is 2.32 bits per heavy atom. The third-order valence-electron chi connectivity index (χ3n) is 11.4. The van der Waals surface area contributed by atoms with Gasteiger partial charge < -0.3 is 10.2 Å². The minimum atomic E-state index is -0.170. The zero-order valence-electron chi connectivity index (χ0n) is 21.2. The molecule has 0 aliphatic heterocycles. The van der Waals surface area contributed by atoms with Crippen LogP contribution in [0.5, 0.6) is 0 Å². The van der Waals surface area contributed by atoms with Gasteiger partial charge in [-0.1, -0.05) is 53.7 Å². The zero-order chi connectivity index (χ0) is 22.6. The van der Waals surface area contributed by atoms with Crippen LogP contribution < -0.4 is 0 Å². The van der Waals surface area contributed by atoms with Crippen LogP contribution in [0, 0.1) is 58.2 Å². The number of rotatable bonds is 5. The summed E-state index contributed by atoms with van der Waals surface area (Å²) < 4.78 is 0. The molecule has 0 aromatic heterocycles. The first-order valence-corrected chi connectivity index (χ1v) is 13.7. The Kier molecular flexibility index (Phi) is 6.75. The topological polar surface area (TPSA) is 40.5 Å². The first kappa shape index (κ1) is 23.8. The van der Waals surface area contributed by atoms with Gasteiger partial charge in [-0.25, -0.2) is 0 Å². The van der Waals surface area contributed by atoms with Gasteiger partial charge in [0.2, 0.25) is 0 Å². The highest BCUT2D eigenvalue weighted by Crippen LogP contribution is 2.68. The summed E-state index contributed by atoms with van der Waals surface area (Å²) in [5.41, 5.74) is 0.404. The van der Waals surface area contributed by atoms with E-state index in [4.69, 9.17) is 0 Å². The normalized spacial score (nSPS) is 49.5. The summed E-state index contributed by atoms with van der Waals surface area (Å²) in [6.45, 7) is 14.4. The van der Waals surface area contributed by atoms with E-state index in [1.54, 1.807) is 0 Å². The molecule has 0 saturated heterocycles. The molecule has 0 heterocycles. The second kappa shape index (κ2) is 8.79. The second-order valence-electron chi connectivity index (χ2n) is 12.9. The van der Waals surface area contributed by atoms with Crippen molar-refractivity contribution in [1.29, 1.82) is 0 Å². The van der Waals surface area contributed by atoms with E-state index in [1.807, 2.05) is 0 Å². The molecule has 2 nitrogen and oxygen atoms in total. The molecule has 2 heteroatoms. The smallest absolute Gasteiger partial charge is 0.0602 e. The molecule has 0 spiro atoms. The molecule has 1 unspecified atom stereocenters. The monoisotopic (exact) mass is 430 g/mol. The van der Waals surface area contributed by atoms with Crippen LogP contribution in [0.15, 0.2) is 12.2 Å². The predicted octanol–water partition coefficient (Wildman–Crippen LogP) is 6.85. The molecule has 0 bridgehead atoms. The first-order valence-electron chi connectivity index (χ1n) is 13.7. The van der Waals surface area contributed by atoms with Crippen molar-refractivity contribution in [3.8, 4) is 0 Å². The first-order chi connectivity index (χ1) is 14.6. The van der Waals surface area contributed by atoms with Gasteiger partial charge in [0.15, 0.2) is 0 Å². The highest BCUT2D eigenvalue weighted by Gasteiger charge is 2.63. The van der Waals surface area contributed by atoms with E-state index in [1.165, 1.54) is 32.1 Å². The van der Waals surface area contributed by atoms with E-state index in [9.17, 15) is 10.2 Å². The third kappa shape index (κ3) is 3.86. The zero-order valence-corrected chi connectivity index (χ0v) is 21.2. The molecule has 4 rings (SSSR count). The number of hydrogen-bond donors (Lipinski definition) is 2. The van der Waals surface area contributed by atoms with Crippen LogP contribution in [-0.2, 0) is 0 Å². The Hall–Kier alpha value is -0.340. The van der Waals surface area contributed by atoms with Gasteiger partial charge in [-0.3, -0.25) is 0 Å². The Labute approximate surface area is 192 Å². The van der Waals surface area contributed by atoms with E-state index in [0.717, 1.165) is 31.6 Å². The van der Waals surface area contributed by atoms with Crippen LogP contribution in [-0.4, -0.2) is 22.4 Å². The summed E-state index contributed by atoms with van der Waals surface area (Å²) >= 11 is 0. The maximum absolute atomic E-state index is 11.7. The number of fused-ring (bicyclic) bond motifs is 5. The number of aliphatic hydroxyl groups is 2. The minimum Gasteiger partial charge on any atom is -0.393 e. The summed E-state index contributed by atoms with van der Waals surface area (Å²) in [5.74, 6) is 5.30. The Morgan fingerprint density at radius 1 is 0.903 bits per heavy atom. The number of aliphatic hydroxyl groups excluding tert-OH is 2. The van der Waals surface area contributed by atoms with Crippen LogP contribution in [0.2, 0.25) is 0 Å². The van der Waals surface area contributed by atoms with Crippen molar-refractivity contribution in [1.82, 2.24) is 0 Å². The van der Waals surface area contributed by atoms with Gasteiger partial charge >= 0.3 is 0 Å². The average Bonchev–Trinajstić information content (AvgIpc) is 3.08. The molecular formula is C29H50O2. The summed E-state index contributed by atoms with van der Waals surface area (Å²) in [6, 6.07) is 0. The van der Waals surface area contributed by atoms with Crippen LogP contribution in [0.4, 0.5) is 0 Å². The fraction of sp³-hybridized carbons (Fsp3) is 0.931. The van der Waals surface area contributed by atoms with Gasteiger partial charge in [0, 0.05) is 0 Å². The molecule has 178 valence electrons. The molecule has 4 aliphatic carbocycles. The quantitative estimate of drug-likeness (QED) is 0.468. The van der Waals surface area contributed by atoms with E-state index in [0.29, 0.717) is 46.8 Å². The van der Waals surface area contributed by atoms with Gasteiger partial charge in [0.1, 0.15) is 0 Å². The fourth-order valence-electron chi connectivity index (χ4n) is 9.37. The second-order valence-corrected chi connectivity index (χ2v) is 12.9. The maximum Gasteiger partial charge on any atom is 0.0602 e. The highest BCUT2D eigenvalue weighted by atomic mass is 16.3. The van der Waals surface area contributed by atoms with Crippen LogP contribution >= 0.6 is 0 Å². The average molecular weight is 431 g/mol. The lowest BCUT2D eigenvalue weighted by molar-refractivity contribution is -0.173. The van der Waals surface area contributed by atoms with Crippen molar-refractivity contribution in [2.75, 3.05) is 0 Å². The molecule has 0 radical (unpaired) electrons. The SMILES string of the molecule is CCC(/C=C/[C@@H](C)[C@H]1CC[C@H]2[C@@H]3CC[C@H]4C[C@@H](O)CC[C@]4(C)[C@H]3C[C@H](O)[C@]12C)C(C)C. The molecule has 31 heavy (non-hydrogen) atoms. The fourth-order valence-corrected chi connectivity index (χ4v) is 9.37. The largest absolute Gasteiger partial charge is 0.393 e. The van der Waals surface area contributed by atoms with Crippen molar-refractivity contribution in [2.24, 2.45) is 58.2 Å². The van der Waals surface area contributed by atoms with Gasteiger partial charge in [-0.05, 0) is 116 Å². The summed E-state index contributed by atoms with van der Waals surface area (Å²) in [5, 5.41) is 22.0. The van der Waals surface area contributed by atoms with Crippen molar-refractivity contribution >= 4 is 0 Å². The van der Waals surface area contributed by atoms with E-state index in [2.05, 4.69) is 53.7 Å². The number of hydrogen-bond acceptors (Lipinski definition) is 2. The molecule has 0 aromatic carbocycles. The minimum absolute atomic E-state index is 0.0713. The number of allylic oxidation sites excluding steroid dienone is 2. The maximum atomic E-state index is 11.7. The highest BCUT2D eigenvalue weighted by molar-refractivity contribution is 5.14. The predicted molar refractivity (Wildman–Crippen MR) is 130 cm³/mol. The van der Waals surface area contributed by atoms with Gasteiger partial charge in [0.05, 0.1) is 12.2 Å². The third-order valence-corrected chi connectivity index (χ3v) is 11.4. The lowest BCUT2D eigenvalue weighted by Crippen LogP contribution is -2.58. The van der Waals surface area contributed by atoms with Crippen molar-refractivity contribution in [3.05, 3.63) is 12.2 Å². The molecule has 0 amide bonds. The van der Waals surface area contributed by atoms with Gasteiger partial charge in [-0.2, -0.15) is 0 Å². The lowest BCUT2D eigenvalue weighted by Gasteiger charge is -2.62. The Morgan fingerprint density at radius 2 is 1.65 bits per heavy atom. The van der Waals surface area contributed by atoms with Crippen molar-refractivity contribution < 1.29 is 10.2 Å². The van der Waals surface area contributed by atoms with E-state index < -0.39 is 0 Å². The van der Waals surface area contributed by atoms with Crippen LogP contribution in [0.25, 0.3) is 0 Å². The Bertz CT molecular complexity index is 655. The molecule has 2 N–H and O–H groups in total. The van der Waals surface area contributed by atoms with E-state index in [-0.39, 0.29) is 17.6 Å². The molecule has 11 atom stereocenters. The van der Waals surface area contributed by atoms with Crippen LogP contribution in [0.1, 0.15) is 99.3 Å². The van der Waals surface area contributed by atoms with Crippen molar-refractivity contribution in [2.45, 2.75) is 112 Å². The molecule has 4 saturated carbocycles. The molecule has 4 fully saturated rings. The van der Waals surface area contributed by atoms with Gasteiger partial charge in [-0.15, -0.1) is 0 Å². The molecule has 0 aromatic rings. The summed E-state index contributed by atoms with van der Waals surface area (Å²) in [4.78, 5) is 0. The van der Waals surface area contributed by atoms with Gasteiger partial charge in [0.25, 0.3) is 0 Å².